The third-order valence-electron chi connectivity index (χ3n) is 4.20. The molecule has 0 radical (unpaired) electrons. The quantitative estimate of drug-likeness (QED) is 0.488. The second kappa shape index (κ2) is 6.85. The van der Waals surface area contributed by atoms with Gasteiger partial charge in [-0.3, -0.25) is 14.7 Å². The van der Waals surface area contributed by atoms with E-state index >= 15 is 0 Å². The monoisotopic (exact) mass is 374 g/mol. The normalized spacial score (nSPS) is 12.0. The molecule has 0 aliphatic rings. The fraction of sp³-hybridized carbons (Fsp3) is 0.235. The number of imidazole rings is 1. The van der Waals surface area contributed by atoms with Crippen molar-refractivity contribution >= 4 is 26.7 Å². The number of aromatic nitrogens is 2. The third-order valence-corrected chi connectivity index (χ3v) is 6.25. The first-order valence-corrected chi connectivity index (χ1v) is 9.55. The van der Waals surface area contributed by atoms with Crippen LogP contribution >= 0.6 is 0 Å². The van der Waals surface area contributed by atoms with Crippen LogP contribution in [-0.4, -0.2) is 40.3 Å². The van der Waals surface area contributed by atoms with Gasteiger partial charge in [0, 0.05) is 19.2 Å². The summed E-state index contributed by atoms with van der Waals surface area (Å²) in [5, 5.41) is 11.6. The van der Waals surface area contributed by atoms with Crippen molar-refractivity contribution in [2.24, 2.45) is 0 Å². The van der Waals surface area contributed by atoms with Gasteiger partial charge in [0.05, 0.1) is 20.9 Å². The zero-order valence-corrected chi connectivity index (χ0v) is 15.2. The fourth-order valence-corrected chi connectivity index (χ4v) is 4.36. The lowest BCUT2D eigenvalue weighted by molar-refractivity contribution is -0.384. The molecule has 0 spiro atoms. The molecule has 3 rings (SSSR count). The van der Waals surface area contributed by atoms with E-state index < -0.39 is 14.9 Å². The Hall–Kier alpha value is -2.78. The molecule has 1 aromatic heterocycles. The maximum atomic E-state index is 12.7. The number of nitrogens with zero attached hydrogens (tertiary/aromatic N) is 4. The summed E-state index contributed by atoms with van der Waals surface area (Å²) in [4.78, 5) is 15.2. The van der Waals surface area contributed by atoms with Crippen LogP contribution < -0.4 is 0 Å². The van der Waals surface area contributed by atoms with E-state index in [2.05, 4.69) is 4.98 Å². The summed E-state index contributed by atoms with van der Waals surface area (Å²) < 4.78 is 28.2. The highest BCUT2D eigenvalue weighted by molar-refractivity contribution is 7.89. The summed E-state index contributed by atoms with van der Waals surface area (Å²) in [6.07, 6.45) is 1.49. The van der Waals surface area contributed by atoms with Crippen molar-refractivity contribution in [3.8, 4) is 5.69 Å². The molecule has 0 aliphatic heterocycles. The highest BCUT2D eigenvalue weighted by Gasteiger charge is 2.26. The van der Waals surface area contributed by atoms with E-state index in [1.807, 2.05) is 12.1 Å². The molecule has 0 saturated carbocycles. The molecule has 0 N–H and O–H groups in total. The molecule has 2 aromatic carbocycles. The van der Waals surface area contributed by atoms with Gasteiger partial charge in [-0.1, -0.05) is 26.0 Å². The molecule has 0 fully saturated rings. The molecule has 0 amide bonds. The molecule has 0 unspecified atom stereocenters. The van der Waals surface area contributed by atoms with Gasteiger partial charge >= 0.3 is 0 Å². The van der Waals surface area contributed by atoms with Crippen LogP contribution in [0.15, 0.2) is 53.7 Å². The predicted octanol–water partition coefficient (Wildman–Crippen LogP) is 2.96. The van der Waals surface area contributed by atoms with Crippen LogP contribution in [0.3, 0.4) is 0 Å². The average molecular weight is 374 g/mol. The highest BCUT2D eigenvalue weighted by atomic mass is 32.2. The number of rotatable bonds is 6. The fourth-order valence-electron chi connectivity index (χ4n) is 2.88. The molecule has 0 atom stereocenters. The van der Waals surface area contributed by atoms with Crippen LogP contribution in [0, 0.1) is 10.1 Å². The molecule has 0 saturated heterocycles. The molecule has 0 bridgehead atoms. The SMILES string of the molecule is CCN(CC)S(=O)(=O)c1ccc(-n2cnc3ccccc32)c([N+](=O)[O-])c1. The molecule has 26 heavy (non-hydrogen) atoms. The van der Waals surface area contributed by atoms with Gasteiger partial charge in [0.1, 0.15) is 12.0 Å². The van der Waals surface area contributed by atoms with Gasteiger partial charge in [-0.05, 0) is 24.3 Å². The zero-order valence-electron chi connectivity index (χ0n) is 14.4. The molecule has 136 valence electrons. The summed E-state index contributed by atoms with van der Waals surface area (Å²) in [6.45, 7) is 4.03. The van der Waals surface area contributed by atoms with Gasteiger partial charge in [-0.25, -0.2) is 13.4 Å². The van der Waals surface area contributed by atoms with Gasteiger partial charge in [0.15, 0.2) is 0 Å². The Morgan fingerprint density at radius 3 is 2.50 bits per heavy atom. The Morgan fingerprint density at radius 1 is 1.15 bits per heavy atom. The molecular formula is C17H18N4O4S. The van der Waals surface area contributed by atoms with E-state index in [0.717, 1.165) is 6.07 Å². The number of benzene rings is 2. The van der Waals surface area contributed by atoms with Crippen LogP contribution in [0.4, 0.5) is 5.69 Å². The Bertz CT molecular complexity index is 1070. The van der Waals surface area contributed by atoms with Crippen molar-refractivity contribution in [2.75, 3.05) is 13.1 Å². The summed E-state index contributed by atoms with van der Waals surface area (Å²) >= 11 is 0. The van der Waals surface area contributed by atoms with E-state index in [1.54, 1.807) is 30.5 Å². The number of sulfonamides is 1. The average Bonchev–Trinajstić information content (AvgIpc) is 3.06. The Labute approximate surface area is 150 Å². The first kappa shape index (κ1) is 18.0. The summed E-state index contributed by atoms with van der Waals surface area (Å²) in [5.74, 6) is 0. The minimum absolute atomic E-state index is 0.0962. The lowest BCUT2D eigenvalue weighted by atomic mass is 10.2. The maximum absolute atomic E-state index is 12.7. The summed E-state index contributed by atoms with van der Waals surface area (Å²) in [5.41, 5.74) is 1.38. The van der Waals surface area contributed by atoms with E-state index in [4.69, 9.17) is 0 Å². The number of fused-ring (bicyclic) bond motifs is 1. The largest absolute Gasteiger partial charge is 0.294 e. The molecule has 9 heteroatoms. The molecular weight excluding hydrogens is 356 g/mol. The molecule has 1 heterocycles. The van der Waals surface area contributed by atoms with Gasteiger partial charge < -0.3 is 0 Å². The van der Waals surface area contributed by atoms with Crippen LogP contribution in [-0.2, 0) is 10.0 Å². The van der Waals surface area contributed by atoms with Crippen molar-refractivity contribution in [1.29, 1.82) is 0 Å². The predicted molar refractivity (Wildman–Crippen MR) is 97.8 cm³/mol. The number of para-hydroxylation sites is 2. The number of hydrogen-bond acceptors (Lipinski definition) is 5. The van der Waals surface area contributed by atoms with Gasteiger partial charge in [0.2, 0.25) is 10.0 Å². The van der Waals surface area contributed by atoms with Gasteiger partial charge in [-0.15, -0.1) is 0 Å². The van der Waals surface area contributed by atoms with E-state index in [9.17, 15) is 18.5 Å². The lowest BCUT2D eigenvalue weighted by Gasteiger charge is -2.18. The maximum Gasteiger partial charge on any atom is 0.294 e. The Morgan fingerprint density at radius 2 is 1.85 bits per heavy atom. The number of nitro benzene ring substituents is 1. The second-order valence-corrected chi connectivity index (χ2v) is 7.54. The minimum Gasteiger partial charge on any atom is -0.293 e. The van der Waals surface area contributed by atoms with E-state index in [1.165, 1.54) is 22.8 Å². The van der Waals surface area contributed by atoms with E-state index in [0.29, 0.717) is 24.1 Å². The van der Waals surface area contributed by atoms with Crippen molar-refractivity contribution in [1.82, 2.24) is 13.9 Å². The number of hydrogen-bond donors (Lipinski definition) is 0. The van der Waals surface area contributed by atoms with Gasteiger partial charge in [-0.2, -0.15) is 4.31 Å². The minimum atomic E-state index is -3.78. The summed E-state index contributed by atoms with van der Waals surface area (Å²) in [7, 11) is -3.78. The number of nitro groups is 1. The first-order valence-electron chi connectivity index (χ1n) is 8.11. The molecule has 8 nitrogen and oxygen atoms in total. The van der Waals surface area contributed by atoms with Crippen LogP contribution in [0.1, 0.15) is 13.8 Å². The van der Waals surface area contributed by atoms with Crippen LogP contribution in [0.5, 0.6) is 0 Å². The van der Waals surface area contributed by atoms with Crippen LogP contribution in [0.2, 0.25) is 0 Å². The molecule has 3 aromatic rings. The molecule has 0 aliphatic carbocycles. The van der Waals surface area contributed by atoms with Crippen molar-refractivity contribution < 1.29 is 13.3 Å². The van der Waals surface area contributed by atoms with Gasteiger partial charge in [0.25, 0.3) is 5.69 Å². The topological polar surface area (TPSA) is 98.3 Å². The van der Waals surface area contributed by atoms with E-state index in [-0.39, 0.29) is 16.3 Å². The smallest absolute Gasteiger partial charge is 0.293 e. The first-order chi connectivity index (χ1) is 12.4. The van der Waals surface area contributed by atoms with Crippen LogP contribution in [0.25, 0.3) is 16.7 Å². The Kier molecular flexibility index (Phi) is 4.75. The van der Waals surface area contributed by atoms with Crippen molar-refractivity contribution in [3.63, 3.8) is 0 Å². The zero-order chi connectivity index (χ0) is 18.9. The van der Waals surface area contributed by atoms with Crippen molar-refractivity contribution in [2.45, 2.75) is 18.7 Å². The third kappa shape index (κ3) is 2.95. The standard InChI is InChI=1S/C17H18N4O4S/c1-3-19(4-2)26(24,25)13-9-10-16(17(11-13)21(22)23)20-12-18-14-7-5-6-8-15(14)20/h5-12H,3-4H2,1-2H3. The Balaban J connectivity index is 2.19. The summed E-state index contributed by atoms with van der Waals surface area (Å²) in [6, 6.07) is 11.2. The van der Waals surface area contributed by atoms with Crippen molar-refractivity contribution in [3.05, 3.63) is 58.9 Å². The lowest BCUT2D eigenvalue weighted by Crippen LogP contribution is -2.30. The second-order valence-electron chi connectivity index (χ2n) is 5.60. The highest BCUT2D eigenvalue weighted by Crippen LogP contribution is 2.30.